The first-order valence-corrected chi connectivity index (χ1v) is 6.66. The smallest absolute Gasteiger partial charge is 0.395 e. The predicted molar refractivity (Wildman–Crippen MR) is 75.5 cm³/mol. The Morgan fingerprint density at radius 1 is 1.27 bits per heavy atom. The van der Waals surface area contributed by atoms with Crippen LogP contribution in [0.5, 0.6) is 0 Å². The van der Waals surface area contributed by atoms with Crippen molar-refractivity contribution < 1.29 is 27.8 Å². The van der Waals surface area contributed by atoms with E-state index in [1.54, 1.807) is 4.90 Å². The Bertz CT molecular complexity index is 463. The summed E-state index contributed by atoms with van der Waals surface area (Å²) in [7, 11) is 1.53. The van der Waals surface area contributed by atoms with Crippen molar-refractivity contribution in [2.24, 2.45) is 0 Å². The molecule has 0 saturated heterocycles. The first kappa shape index (κ1) is 18.4. The van der Waals surface area contributed by atoms with Gasteiger partial charge in [-0.3, -0.25) is 9.69 Å². The molecule has 1 rings (SSSR count). The van der Waals surface area contributed by atoms with Crippen molar-refractivity contribution in [1.82, 2.24) is 4.90 Å². The number of hydrogen-bond donors (Lipinski definition) is 2. The second kappa shape index (κ2) is 8.72. The van der Waals surface area contributed by atoms with Crippen molar-refractivity contribution in [3.8, 4) is 0 Å². The topological polar surface area (TPSA) is 61.8 Å². The molecule has 0 unspecified atom stereocenters. The lowest BCUT2D eigenvalue weighted by molar-refractivity contribution is -0.137. The number of halogens is 3. The average molecular weight is 320 g/mol. The van der Waals surface area contributed by atoms with Gasteiger partial charge in [-0.05, 0) is 24.3 Å². The van der Waals surface area contributed by atoms with Gasteiger partial charge < -0.3 is 15.2 Å². The molecule has 1 aromatic carbocycles. The van der Waals surface area contributed by atoms with E-state index in [1.807, 2.05) is 0 Å². The number of aliphatic hydroxyl groups is 1. The summed E-state index contributed by atoms with van der Waals surface area (Å²) in [5.74, 6) is -0.371. The molecule has 0 atom stereocenters. The van der Waals surface area contributed by atoms with Crippen LogP contribution in [0.3, 0.4) is 0 Å². The summed E-state index contributed by atoms with van der Waals surface area (Å²) < 4.78 is 42.2. The maximum atomic E-state index is 12.4. The average Bonchev–Trinajstić information content (AvgIpc) is 2.44. The van der Waals surface area contributed by atoms with Gasteiger partial charge in [-0.15, -0.1) is 0 Å². The lowest BCUT2D eigenvalue weighted by Crippen LogP contribution is -2.37. The fraction of sp³-hybridized carbons (Fsp3) is 0.500. The van der Waals surface area contributed by atoms with Crippen LogP contribution >= 0.6 is 0 Å². The van der Waals surface area contributed by atoms with Crippen LogP contribution in [0.25, 0.3) is 0 Å². The predicted octanol–water partition coefficient (Wildman–Crippen LogP) is 1.58. The Morgan fingerprint density at radius 3 is 2.41 bits per heavy atom. The number of ether oxygens (including phenoxy) is 1. The van der Waals surface area contributed by atoms with Gasteiger partial charge >= 0.3 is 6.18 Å². The lowest BCUT2D eigenvalue weighted by Gasteiger charge is -2.20. The number of amides is 1. The van der Waals surface area contributed by atoms with Gasteiger partial charge in [0.2, 0.25) is 5.91 Å². The molecule has 124 valence electrons. The van der Waals surface area contributed by atoms with Crippen molar-refractivity contribution in [1.29, 1.82) is 0 Å². The van der Waals surface area contributed by atoms with Gasteiger partial charge in [0.15, 0.2) is 0 Å². The Morgan fingerprint density at radius 2 is 1.91 bits per heavy atom. The molecule has 0 aliphatic rings. The van der Waals surface area contributed by atoms with E-state index in [-0.39, 0.29) is 24.7 Å². The van der Waals surface area contributed by atoms with Crippen LogP contribution in [0.15, 0.2) is 24.3 Å². The van der Waals surface area contributed by atoms with Crippen LogP contribution in [-0.4, -0.2) is 55.9 Å². The fourth-order valence-corrected chi connectivity index (χ4v) is 1.78. The standard InChI is InChI=1S/C14H19F3N2O3/c1-22-9-7-19(6-8-20)10-13(21)18-12-4-2-11(3-5-12)14(15,16)17/h2-5,20H,6-10H2,1H3,(H,18,21). The van der Waals surface area contributed by atoms with E-state index in [4.69, 9.17) is 9.84 Å². The SMILES string of the molecule is COCCN(CCO)CC(=O)Nc1ccc(C(F)(F)F)cc1. The zero-order valence-corrected chi connectivity index (χ0v) is 12.2. The van der Waals surface area contributed by atoms with Crippen molar-refractivity contribution in [2.45, 2.75) is 6.18 Å². The highest BCUT2D eigenvalue weighted by atomic mass is 19.4. The first-order valence-electron chi connectivity index (χ1n) is 6.66. The van der Waals surface area contributed by atoms with Gasteiger partial charge in [0.25, 0.3) is 0 Å². The number of benzene rings is 1. The highest BCUT2D eigenvalue weighted by Crippen LogP contribution is 2.29. The van der Waals surface area contributed by atoms with E-state index in [9.17, 15) is 18.0 Å². The number of alkyl halides is 3. The van der Waals surface area contributed by atoms with Gasteiger partial charge in [-0.2, -0.15) is 13.2 Å². The Kier molecular flexibility index (Phi) is 7.30. The number of nitrogens with one attached hydrogen (secondary N) is 1. The minimum atomic E-state index is -4.40. The third-order valence-corrected chi connectivity index (χ3v) is 2.89. The number of nitrogens with zero attached hydrogens (tertiary/aromatic N) is 1. The third-order valence-electron chi connectivity index (χ3n) is 2.89. The fourth-order valence-electron chi connectivity index (χ4n) is 1.78. The molecule has 0 bridgehead atoms. The minimum absolute atomic E-state index is 0.0188. The highest BCUT2D eigenvalue weighted by Gasteiger charge is 2.29. The summed E-state index contributed by atoms with van der Waals surface area (Å²) in [4.78, 5) is 13.5. The molecule has 0 aliphatic heterocycles. The molecule has 2 N–H and O–H groups in total. The summed E-state index contributed by atoms with van der Waals surface area (Å²) in [5, 5.41) is 11.4. The molecule has 0 heterocycles. The maximum absolute atomic E-state index is 12.4. The highest BCUT2D eigenvalue weighted by molar-refractivity contribution is 5.92. The van der Waals surface area contributed by atoms with Gasteiger partial charge in [0, 0.05) is 25.9 Å². The van der Waals surface area contributed by atoms with Crippen LogP contribution in [0.4, 0.5) is 18.9 Å². The van der Waals surface area contributed by atoms with Crippen LogP contribution < -0.4 is 5.32 Å². The van der Waals surface area contributed by atoms with Gasteiger partial charge in [-0.25, -0.2) is 0 Å². The van der Waals surface area contributed by atoms with E-state index in [1.165, 1.54) is 19.2 Å². The Labute approximate surface area is 126 Å². The van der Waals surface area contributed by atoms with E-state index in [0.29, 0.717) is 19.7 Å². The quantitative estimate of drug-likeness (QED) is 0.763. The van der Waals surface area contributed by atoms with E-state index < -0.39 is 11.7 Å². The summed E-state index contributed by atoms with van der Waals surface area (Å²) in [5.41, 5.74) is -0.485. The van der Waals surface area contributed by atoms with E-state index in [2.05, 4.69) is 5.32 Å². The van der Waals surface area contributed by atoms with Crippen molar-refractivity contribution >= 4 is 11.6 Å². The summed E-state index contributed by atoms with van der Waals surface area (Å²) >= 11 is 0. The van der Waals surface area contributed by atoms with Crippen LogP contribution in [0, 0.1) is 0 Å². The molecule has 5 nitrogen and oxygen atoms in total. The van der Waals surface area contributed by atoms with Gasteiger partial charge in [0.1, 0.15) is 0 Å². The normalized spacial score (nSPS) is 11.7. The number of hydrogen-bond acceptors (Lipinski definition) is 4. The monoisotopic (exact) mass is 320 g/mol. The first-order chi connectivity index (χ1) is 10.4. The molecular formula is C14H19F3N2O3. The second-order valence-electron chi connectivity index (χ2n) is 4.62. The third kappa shape index (κ3) is 6.42. The summed E-state index contributed by atoms with van der Waals surface area (Å²) in [6, 6.07) is 4.22. The second-order valence-corrected chi connectivity index (χ2v) is 4.62. The molecule has 0 fully saturated rings. The summed E-state index contributed by atoms with van der Waals surface area (Å²) in [6.45, 7) is 1.11. The van der Waals surface area contributed by atoms with E-state index >= 15 is 0 Å². The number of methoxy groups -OCH3 is 1. The molecule has 0 saturated carbocycles. The number of carbonyl (C=O) groups excluding carboxylic acids is 1. The minimum Gasteiger partial charge on any atom is -0.395 e. The lowest BCUT2D eigenvalue weighted by atomic mass is 10.2. The van der Waals surface area contributed by atoms with Crippen molar-refractivity contribution in [3.05, 3.63) is 29.8 Å². The zero-order valence-electron chi connectivity index (χ0n) is 12.2. The number of anilines is 1. The molecule has 0 aromatic heterocycles. The summed E-state index contributed by atoms with van der Waals surface area (Å²) in [6.07, 6.45) is -4.40. The zero-order chi connectivity index (χ0) is 16.6. The number of carbonyl (C=O) groups is 1. The largest absolute Gasteiger partial charge is 0.416 e. The molecule has 8 heteroatoms. The molecule has 0 aliphatic carbocycles. The van der Waals surface area contributed by atoms with Crippen molar-refractivity contribution in [2.75, 3.05) is 45.3 Å². The number of aliphatic hydroxyl groups excluding tert-OH is 1. The van der Waals surface area contributed by atoms with Crippen LogP contribution in [-0.2, 0) is 15.7 Å². The molecule has 0 radical (unpaired) electrons. The number of rotatable bonds is 8. The van der Waals surface area contributed by atoms with Gasteiger partial charge in [-0.1, -0.05) is 0 Å². The van der Waals surface area contributed by atoms with Crippen molar-refractivity contribution in [3.63, 3.8) is 0 Å². The molecule has 1 amide bonds. The van der Waals surface area contributed by atoms with Gasteiger partial charge in [0.05, 0.1) is 25.3 Å². The maximum Gasteiger partial charge on any atom is 0.416 e. The Hall–Kier alpha value is -1.64. The van der Waals surface area contributed by atoms with E-state index in [0.717, 1.165) is 12.1 Å². The molecule has 22 heavy (non-hydrogen) atoms. The van der Waals surface area contributed by atoms with Crippen LogP contribution in [0.1, 0.15) is 5.56 Å². The Balaban J connectivity index is 2.56. The van der Waals surface area contributed by atoms with Crippen LogP contribution in [0.2, 0.25) is 0 Å². The molecular weight excluding hydrogens is 301 g/mol. The molecule has 1 aromatic rings. The molecule has 0 spiro atoms.